The van der Waals surface area contributed by atoms with Gasteiger partial charge >= 0.3 is 0 Å². The van der Waals surface area contributed by atoms with Crippen molar-refractivity contribution in [3.05, 3.63) is 46.8 Å². The third-order valence-corrected chi connectivity index (χ3v) is 7.51. The molecule has 0 bridgehead atoms. The van der Waals surface area contributed by atoms with Gasteiger partial charge in [-0.1, -0.05) is 18.2 Å². The van der Waals surface area contributed by atoms with Crippen LogP contribution in [0, 0.1) is 12.8 Å². The molecule has 150 valence electrons. The number of aromatic amines is 1. The smallest absolute Gasteiger partial charge is 0.250 e. The van der Waals surface area contributed by atoms with Crippen molar-refractivity contribution >= 4 is 17.5 Å². The number of nitrogens with one attached hydrogen (secondary N) is 2. The molecule has 5 heterocycles. The Labute approximate surface area is 169 Å². The number of benzene rings is 1. The molecule has 2 aromatic rings. The number of fused-ring (bicyclic) bond motifs is 5. The highest BCUT2D eigenvalue weighted by atomic mass is 16.2. The zero-order valence-corrected chi connectivity index (χ0v) is 16.6. The number of hydrogen-bond acceptors (Lipinski definition) is 4. The van der Waals surface area contributed by atoms with E-state index < -0.39 is 5.54 Å². The number of carbonyl (C=O) groups excluding carboxylic acids is 2. The molecule has 29 heavy (non-hydrogen) atoms. The summed E-state index contributed by atoms with van der Waals surface area (Å²) in [5.41, 5.74) is 4.20. The van der Waals surface area contributed by atoms with Gasteiger partial charge in [-0.3, -0.25) is 19.6 Å². The summed E-state index contributed by atoms with van der Waals surface area (Å²) >= 11 is 0. The molecule has 2 saturated heterocycles. The number of carbonyl (C=O) groups is 2. The highest BCUT2D eigenvalue weighted by molar-refractivity contribution is 6.09. The molecular weight excluding hydrogens is 366 g/mol. The largest absolute Gasteiger partial charge is 0.338 e. The van der Waals surface area contributed by atoms with Gasteiger partial charge in [0.2, 0.25) is 11.8 Å². The molecule has 2 N–H and O–H groups in total. The fourth-order valence-electron chi connectivity index (χ4n) is 6.20. The first kappa shape index (κ1) is 17.2. The van der Waals surface area contributed by atoms with E-state index in [0.29, 0.717) is 19.1 Å². The highest BCUT2D eigenvalue weighted by Crippen LogP contribution is 2.55. The Bertz CT molecular complexity index is 1030. The lowest BCUT2D eigenvalue weighted by atomic mass is 9.77. The van der Waals surface area contributed by atoms with Crippen LogP contribution in [0.1, 0.15) is 41.8 Å². The van der Waals surface area contributed by atoms with E-state index in [4.69, 9.17) is 0 Å². The van der Waals surface area contributed by atoms with Crippen LogP contribution >= 0.6 is 0 Å². The quantitative estimate of drug-likeness (QED) is 0.778. The van der Waals surface area contributed by atoms with E-state index in [9.17, 15) is 9.59 Å². The van der Waals surface area contributed by atoms with E-state index in [1.165, 1.54) is 0 Å². The molecule has 7 heteroatoms. The summed E-state index contributed by atoms with van der Waals surface area (Å²) in [6.07, 6.45) is 3.67. The van der Waals surface area contributed by atoms with Gasteiger partial charge in [0.25, 0.3) is 0 Å². The van der Waals surface area contributed by atoms with Crippen molar-refractivity contribution in [2.75, 3.05) is 18.4 Å². The van der Waals surface area contributed by atoms with Crippen LogP contribution in [0.15, 0.2) is 24.3 Å². The van der Waals surface area contributed by atoms with Crippen LogP contribution in [-0.4, -0.2) is 50.9 Å². The maximum atomic E-state index is 13.9. The maximum absolute atomic E-state index is 13.9. The summed E-state index contributed by atoms with van der Waals surface area (Å²) in [4.78, 5) is 31.6. The number of aryl methyl sites for hydroxylation is 1. The predicted octanol–water partition coefficient (Wildman–Crippen LogP) is 1.93. The summed E-state index contributed by atoms with van der Waals surface area (Å²) in [5.74, 6) is -0.263. The van der Waals surface area contributed by atoms with Crippen LogP contribution in [0.5, 0.6) is 0 Å². The number of rotatable bonds is 1. The molecule has 4 aliphatic heterocycles. The van der Waals surface area contributed by atoms with E-state index in [1.54, 1.807) is 0 Å². The number of anilines is 1. The third kappa shape index (κ3) is 2.14. The van der Waals surface area contributed by atoms with E-state index in [0.717, 1.165) is 60.4 Å². The third-order valence-electron chi connectivity index (χ3n) is 7.51. The summed E-state index contributed by atoms with van der Waals surface area (Å²) < 4.78 is 0. The van der Waals surface area contributed by atoms with Crippen LogP contribution in [-0.2, 0) is 28.1 Å². The fraction of sp³-hybridized carbons (Fsp3) is 0.500. The minimum Gasteiger partial charge on any atom is -0.338 e. The van der Waals surface area contributed by atoms with Crippen molar-refractivity contribution in [2.45, 2.75) is 50.7 Å². The molecule has 0 unspecified atom stereocenters. The zero-order valence-electron chi connectivity index (χ0n) is 16.6. The Kier molecular flexibility index (Phi) is 3.51. The molecule has 3 atom stereocenters. The Morgan fingerprint density at radius 3 is 3.03 bits per heavy atom. The number of amides is 2. The Balaban J connectivity index is 1.42. The summed E-state index contributed by atoms with van der Waals surface area (Å²) in [5, 5.41) is 10.5. The van der Waals surface area contributed by atoms with Gasteiger partial charge < -0.3 is 10.2 Å². The van der Waals surface area contributed by atoms with E-state index in [2.05, 4.69) is 20.4 Å². The number of nitrogens with zero attached hydrogens (tertiary/aromatic N) is 3. The lowest BCUT2D eigenvalue weighted by molar-refractivity contribution is -0.145. The number of H-pyrrole nitrogens is 1. The molecule has 4 aliphatic rings. The van der Waals surface area contributed by atoms with Gasteiger partial charge in [0.1, 0.15) is 5.54 Å². The first-order chi connectivity index (χ1) is 14.1. The topological polar surface area (TPSA) is 81.3 Å². The highest BCUT2D eigenvalue weighted by Gasteiger charge is 2.65. The van der Waals surface area contributed by atoms with Gasteiger partial charge in [-0.25, -0.2) is 0 Å². The molecule has 1 aromatic heterocycles. The molecule has 2 amide bonds. The van der Waals surface area contributed by atoms with Crippen molar-refractivity contribution in [1.29, 1.82) is 0 Å². The lowest BCUT2D eigenvalue weighted by Gasteiger charge is -2.39. The second kappa shape index (κ2) is 5.92. The van der Waals surface area contributed by atoms with Gasteiger partial charge in [0.05, 0.1) is 11.6 Å². The Hall–Kier alpha value is -2.67. The Morgan fingerprint density at radius 1 is 1.28 bits per heavy atom. The SMILES string of the molecule is Cc1[nH]nc2c1CN(C(=O)[C@H]1C[C@H]3CCCN3[C@]13C(=O)Nc1ccccc13)CC2. The van der Waals surface area contributed by atoms with E-state index in [-0.39, 0.29) is 17.7 Å². The number of hydrogen-bond donors (Lipinski definition) is 2. The fourth-order valence-corrected chi connectivity index (χ4v) is 6.20. The second-order valence-electron chi connectivity index (χ2n) is 8.83. The van der Waals surface area contributed by atoms with Gasteiger partial charge in [-0.15, -0.1) is 0 Å². The van der Waals surface area contributed by atoms with Crippen LogP contribution in [0.25, 0.3) is 0 Å². The average Bonchev–Trinajstić information content (AvgIpc) is 3.47. The normalized spacial score (nSPS) is 30.4. The minimum absolute atomic E-state index is 0.0290. The second-order valence-corrected chi connectivity index (χ2v) is 8.83. The molecular formula is C22H25N5O2. The van der Waals surface area contributed by atoms with Crippen LogP contribution < -0.4 is 5.32 Å². The average molecular weight is 391 g/mol. The van der Waals surface area contributed by atoms with Gasteiger partial charge in [-0.05, 0) is 38.8 Å². The monoisotopic (exact) mass is 391 g/mol. The summed E-state index contributed by atoms with van der Waals surface area (Å²) in [7, 11) is 0. The molecule has 1 aromatic carbocycles. The van der Waals surface area contributed by atoms with Crippen molar-refractivity contribution in [3.8, 4) is 0 Å². The molecule has 2 fully saturated rings. The zero-order chi connectivity index (χ0) is 19.8. The van der Waals surface area contributed by atoms with Crippen molar-refractivity contribution in [3.63, 3.8) is 0 Å². The van der Waals surface area contributed by atoms with Crippen molar-refractivity contribution in [2.24, 2.45) is 5.92 Å². The summed E-state index contributed by atoms with van der Waals surface area (Å²) in [6.45, 7) is 4.13. The molecule has 0 radical (unpaired) electrons. The van der Waals surface area contributed by atoms with E-state index >= 15 is 0 Å². The van der Waals surface area contributed by atoms with Gasteiger partial charge in [0, 0.05) is 48.1 Å². The molecule has 7 nitrogen and oxygen atoms in total. The first-order valence-electron chi connectivity index (χ1n) is 10.6. The molecule has 0 saturated carbocycles. The predicted molar refractivity (Wildman–Crippen MR) is 107 cm³/mol. The molecule has 1 spiro atoms. The van der Waals surface area contributed by atoms with Crippen LogP contribution in [0.3, 0.4) is 0 Å². The Morgan fingerprint density at radius 2 is 2.14 bits per heavy atom. The molecule has 0 aliphatic carbocycles. The van der Waals surface area contributed by atoms with E-state index in [1.807, 2.05) is 36.1 Å². The number of aromatic nitrogens is 2. The standard InChI is InChI=1S/C22H25N5O2/c1-13-15-12-26(10-8-18(15)25-24-13)20(28)17-11-14-5-4-9-27(14)22(17)16-6-2-3-7-19(16)23-21(22)29/h2-3,6-7,14,17H,4-5,8-12H2,1H3,(H,23,29)(H,24,25)/t14-,17-,22+/m1/s1. The molecule has 6 rings (SSSR count). The summed E-state index contributed by atoms with van der Waals surface area (Å²) in [6, 6.07) is 8.21. The first-order valence-corrected chi connectivity index (χ1v) is 10.6. The number of para-hydroxylation sites is 1. The van der Waals surface area contributed by atoms with Gasteiger partial charge in [-0.2, -0.15) is 5.10 Å². The van der Waals surface area contributed by atoms with Crippen LogP contribution in [0.4, 0.5) is 5.69 Å². The maximum Gasteiger partial charge on any atom is 0.250 e. The van der Waals surface area contributed by atoms with Crippen LogP contribution in [0.2, 0.25) is 0 Å². The lowest BCUT2D eigenvalue weighted by Crippen LogP contribution is -2.55. The minimum atomic E-state index is -0.861. The van der Waals surface area contributed by atoms with Crippen molar-refractivity contribution < 1.29 is 9.59 Å². The van der Waals surface area contributed by atoms with Crippen molar-refractivity contribution in [1.82, 2.24) is 20.0 Å². The van der Waals surface area contributed by atoms with Gasteiger partial charge in [0.15, 0.2) is 0 Å².